The third kappa shape index (κ3) is 5.39. The van der Waals surface area contributed by atoms with Crippen molar-refractivity contribution in [2.45, 2.75) is 57.8 Å². The van der Waals surface area contributed by atoms with E-state index in [0.29, 0.717) is 0 Å². The summed E-state index contributed by atoms with van der Waals surface area (Å²) in [6.07, 6.45) is 13.0. The van der Waals surface area contributed by atoms with E-state index in [2.05, 4.69) is 10.2 Å². The summed E-state index contributed by atoms with van der Waals surface area (Å²) < 4.78 is 0. The van der Waals surface area contributed by atoms with Gasteiger partial charge in [-0.15, -0.1) is 0 Å². The lowest BCUT2D eigenvalue weighted by molar-refractivity contribution is 0.225. The van der Waals surface area contributed by atoms with Gasteiger partial charge < -0.3 is 10.2 Å². The van der Waals surface area contributed by atoms with E-state index in [0.717, 1.165) is 5.92 Å². The molecule has 0 aromatic carbocycles. The molecule has 100 valence electrons. The Morgan fingerprint density at radius 1 is 0.882 bits per heavy atom. The number of likely N-dealkylation sites (tertiary alicyclic amines) is 1. The molecule has 1 N–H and O–H groups in total. The van der Waals surface area contributed by atoms with Gasteiger partial charge in [0.1, 0.15) is 0 Å². The van der Waals surface area contributed by atoms with Crippen LogP contribution < -0.4 is 5.32 Å². The lowest BCUT2D eigenvalue weighted by atomic mass is 10.0. The quantitative estimate of drug-likeness (QED) is 0.686. The summed E-state index contributed by atoms with van der Waals surface area (Å²) in [4.78, 5) is 2.64. The van der Waals surface area contributed by atoms with Gasteiger partial charge in [-0.2, -0.15) is 0 Å². The van der Waals surface area contributed by atoms with Crippen molar-refractivity contribution in [2.24, 2.45) is 5.92 Å². The fourth-order valence-corrected chi connectivity index (χ4v) is 3.34. The number of nitrogens with zero attached hydrogens (tertiary/aromatic N) is 1. The van der Waals surface area contributed by atoms with Gasteiger partial charge in [0.15, 0.2) is 0 Å². The zero-order valence-corrected chi connectivity index (χ0v) is 11.4. The van der Waals surface area contributed by atoms with E-state index in [4.69, 9.17) is 0 Å². The van der Waals surface area contributed by atoms with E-state index >= 15 is 0 Å². The van der Waals surface area contributed by atoms with Crippen LogP contribution in [0.2, 0.25) is 0 Å². The minimum absolute atomic E-state index is 1.05. The highest BCUT2D eigenvalue weighted by molar-refractivity contribution is 4.68. The zero-order valence-electron chi connectivity index (χ0n) is 11.4. The smallest absolute Gasteiger partial charge is 0.000664 e. The van der Waals surface area contributed by atoms with Gasteiger partial charge in [0.25, 0.3) is 0 Å². The first-order valence-electron chi connectivity index (χ1n) is 7.88. The lowest BCUT2D eigenvalue weighted by Crippen LogP contribution is -2.32. The second-order valence-corrected chi connectivity index (χ2v) is 5.95. The number of hydrogen-bond acceptors (Lipinski definition) is 2. The summed E-state index contributed by atoms with van der Waals surface area (Å²) in [5.41, 5.74) is 0. The molecule has 2 fully saturated rings. The van der Waals surface area contributed by atoms with Crippen LogP contribution in [0.3, 0.4) is 0 Å². The molecule has 0 unspecified atom stereocenters. The van der Waals surface area contributed by atoms with E-state index in [1.54, 1.807) is 0 Å². The molecule has 0 atom stereocenters. The second-order valence-electron chi connectivity index (χ2n) is 5.95. The van der Waals surface area contributed by atoms with E-state index in [-0.39, 0.29) is 0 Å². The minimum Gasteiger partial charge on any atom is -0.317 e. The summed E-state index contributed by atoms with van der Waals surface area (Å²) in [5.74, 6) is 1.05. The Kier molecular flexibility index (Phi) is 6.36. The Morgan fingerprint density at radius 2 is 1.65 bits per heavy atom. The van der Waals surface area contributed by atoms with Crippen LogP contribution in [0.15, 0.2) is 0 Å². The number of rotatable bonds is 7. The second kappa shape index (κ2) is 8.10. The maximum atomic E-state index is 3.63. The molecule has 1 aliphatic carbocycles. The van der Waals surface area contributed by atoms with Crippen LogP contribution in [0, 0.1) is 5.92 Å². The third-order valence-corrected chi connectivity index (χ3v) is 4.48. The van der Waals surface area contributed by atoms with Gasteiger partial charge in [0.2, 0.25) is 0 Å². The van der Waals surface area contributed by atoms with E-state index in [1.165, 1.54) is 90.5 Å². The molecular formula is C15H30N2. The van der Waals surface area contributed by atoms with Crippen LogP contribution in [0.25, 0.3) is 0 Å². The molecule has 0 spiro atoms. The van der Waals surface area contributed by atoms with E-state index in [1.807, 2.05) is 0 Å². The summed E-state index contributed by atoms with van der Waals surface area (Å²) in [6.45, 7) is 6.49. The maximum Gasteiger partial charge on any atom is -0.000664 e. The molecule has 1 saturated carbocycles. The van der Waals surface area contributed by atoms with Crippen molar-refractivity contribution in [3.05, 3.63) is 0 Å². The molecule has 2 heteroatoms. The first kappa shape index (κ1) is 13.4. The Balaban J connectivity index is 1.38. The molecule has 1 saturated heterocycles. The highest BCUT2D eigenvalue weighted by atomic mass is 15.1. The average molecular weight is 238 g/mol. The summed E-state index contributed by atoms with van der Waals surface area (Å²) >= 11 is 0. The van der Waals surface area contributed by atoms with Gasteiger partial charge in [0.05, 0.1) is 0 Å². The van der Waals surface area contributed by atoms with Crippen LogP contribution in [0.5, 0.6) is 0 Å². The van der Waals surface area contributed by atoms with Crippen molar-refractivity contribution in [3.63, 3.8) is 0 Å². The summed E-state index contributed by atoms with van der Waals surface area (Å²) in [5, 5.41) is 3.63. The monoisotopic (exact) mass is 238 g/mol. The molecule has 0 amide bonds. The number of piperidine rings is 1. The van der Waals surface area contributed by atoms with Crippen molar-refractivity contribution in [2.75, 3.05) is 32.7 Å². The molecule has 0 radical (unpaired) electrons. The van der Waals surface area contributed by atoms with Crippen molar-refractivity contribution < 1.29 is 0 Å². The molecule has 1 heterocycles. The standard InChI is InChI=1S/C15H30N2/c1-4-12-17(13-5-1)14-6-10-16-11-9-15-7-2-3-8-15/h15-16H,1-14H2. The van der Waals surface area contributed by atoms with Crippen molar-refractivity contribution in [3.8, 4) is 0 Å². The molecule has 2 nitrogen and oxygen atoms in total. The zero-order chi connectivity index (χ0) is 11.8. The van der Waals surface area contributed by atoms with Gasteiger partial charge in [-0.05, 0) is 64.3 Å². The first-order valence-corrected chi connectivity index (χ1v) is 7.88. The molecule has 0 aromatic rings. The Morgan fingerprint density at radius 3 is 2.41 bits per heavy atom. The third-order valence-electron chi connectivity index (χ3n) is 4.48. The van der Waals surface area contributed by atoms with Crippen molar-refractivity contribution in [1.29, 1.82) is 0 Å². The lowest BCUT2D eigenvalue weighted by Gasteiger charge is -2.26. The molecule has 17 heavy (non-hydrogen) atoms. The van der Waals surface area contributed by atoms with Gasteiger partial charge in [0, 0.05) is 0 Å². The van der Waals surface area contributed by atoms with Crippen LogP contribution in [0.1, 0.15) is 57.8 Å². The Hall–Kier alpha value is -0.0800. The Bertz CT molecular complexity index is 181. The molecule has 2 aliphatic rings. The SMILES string of the molecule is C1CCN(CCCNCCC2CCCC2)CC1. The van der Waals surface area contributed by atoms with Crippen molar-refractivity contribution in [1.82, 2.24) is 10.2 Å². The molecule has 2 rings (SSSR count). The van der Waals surface area contributed by atoms with Crippen LogP contribution in [-0.4, -0.2) is 37.6 Å². The molecule has 0 bridgehead atoms. The Labute approximate surface area is 107 Å². The summed E-state index contributed by atoms with van der Waals surface area (Å²) in [6, 6.07) is 0. The van der Waals surface area contributed by atoms with Gasteiger partial charge in [-0.25, -0.2) is 0 Å². The number of hydrogen-bond donors (Lipinski definition) is 1. The van der Waals surface area contributed by atoms with Gasteiger partial charge >= 0.3 is 0 Å². The summed E-state index contributed by atoms with van der Waals surface area (Å²) in [7, 11) is 0. The largest absolute Gasteiger partial charge is 0.317 e. The highest BCUT2D eigenvalue weighted by Crippen LogP contribution is 2.26. The van der Waals surface area contributed by atoms with Crippen LogP contribution in [-0.2, 0) is 0 Å². The van der Waals surface area contributed by atoms with E-state index in [9.17, 15) is 0 Å². The average Bonchev–Trinajstić information content (AvgIpc) is 2.88. The topological polar surface area (TPSA) is 15.3 Å². The molecule has 0 aromatic heterocycles. The minimum atomic E-state index is 1.05. The van der Waals surface area contributed by atoms with Crippen LogP contribution >= 0.6 is 0 Å². The maximum absolute atomic E-state index is 3.63. The van der Waals surface area contributed by atoms with Crippen molar-refractivity contribution >= 4 is 0 Å². The first-order chi connectivity index (χ1) is 8.45. The van der Waals surface area contributed by atoms with Gasteiger partial charge in [-0.3, -0.25) is 0 Å². The van der Waals surface area contributed by atoms with Crippen LogP contribution in [0.4, 0.5) is 0 Å². The predicted molar refractivity (Wildman–Crippen MR) is 74.4 cm³/mol. The highest BCUT2D eigenvalue weighted by Gasteiger charge is 2.13. The molecular weight excluding hydrogens is 208 g/mol. The molecule has 1 aliphatic heterocycles. The number of nitrogens with one attached hydrogen (secondary N) is 1. The fraction of sp³-hybridized carbons (Fsp3) is 1.00. The predicted octanol–water partition coefficient (Wildman–Crippen LogP) is 3.03. The normalized spacial score (nSPS) is 23.3. The van der Waals surface area contributed by atoms with Gasteiger partial charge in [-0.1, -0.05) is 32.1 Å². The van der Waals surface area contributed by atoms with E-state index < -0.39 is 0 Å². The fourth-order valence-electron chi connectivity index (χ4n) is 3.34.